The molecule has 2 heteroatoms. The maximum Gasteiger partial charge on any atom is 0.0406 e. The van der Waals surface area contributed by atoms with Gasteiger partial charge in [-0.05, 0) is 31.5 Å². The third kappa shape index (κ3) is 2.10. The molecule has 0 bridgehead atoms. The molecule has 0 aliphatic heterocycles. The Morgan fingerprint density at radius 2 is 1.43 bits per heavy atom. The number of halogens is 1. The van der Waals surface area contributed by atoms with Crippen molar-refractivity contribution in [1.29, 1.82) is 0 Å². The molecule has 0 saturated heterocycles. The minimum atomic E-state index is -0.249. The molecule has 0 unspecified atom stereocenters. The van der Waals surface area contributed by atoms with Crippen LogP contribution >= 0.6 is 11.6 Å². The standard InChI is InChI=1S/C12H18ClN/c1-11(2,12(3,4)14)9-5-7-10(13)8-6-9/h5-8H,14H2,1-4H3. The molecule has 0 amide bonds. The molecular formula is C12H18ClN. The number of hydrogen-bond donors (Lipinski definition) is 1. The predicted molar refractivity (Wildman–Crippen MR) is 62.7 cm³/mol. The van der Waals surface area contributed by atoms with E-state index in [1.807, 2.05) is 38.1 Å². The van der Waals surface area contributed by atoms with Crippen molar-refractivity contribution in [1.82, 2.24) is 0 Å². The van der Waals surface area contributed by atoms with E-state index in [0.29, 0.717) is 0 Å². The Labute approximate surface area is 91.3 Å². The molecule has 0 aliphatic carbocycles. The summed E-state index contributed by atoms with van der Waals surface area (Å²) < 4.78 is 0. The van der Waals surface area contributed by atoms with Crippen LogP contribution in [0, 0.1) is 0 Å². The molecule has 0 fully saturated rings. The van der Waals surface area contributed by atoms with Crippen LogP contribution in [0.1, 0.15) is 33.3 Å². The lowest BCUT2D eigenvalue weighted by atomic mass is 9.70. The number of benzene rings is 1. The van der Waals surface area contributed by atoms with Gasteiger partial charge in [0.05, 0.1) is 0 Å². The summed E-state index contributed by atoms with van der Waals surface area (Å²) in [6.45, 7) is 8.38. The summed E-state index contributed by atoms with van der Waals surface area (Å²) in [6.07, 6.45) is 0. The van der Waals surface area contributed by atoms with Gasteiger partial charge in [0.1, 0.15) is 0 Å². The van der Waals surface area contributed by atoms with Crippen molar-refractivity contribution in [3.05, 3.63) is 34.9 Å². The Balaban J connectivity index is 3.10. The summed E-state index contributed by atoms with van der Waals surface area (Å²) in [4.78, 5) is 0. The van der Waals surface area contributed by atoms with E-state index in [4.69, 9.17) is 17.3 Å². The first-order chi connectivity index (χ1) is 6.25. The zero-order chi connectivity index (χ0) is 11.0. The van der Waals surface area contributed by atoms with Crippen LogP contribution in [0.3, 0.4) is 0 Å². The van der Waals surface area contributed by atoms with E-state index in [9.17, 15) is 0 Å². The van der Waals surface area contributed by atoms with Crippen LogP contribution in [0.5, 0.6) is 0 Å². The van der Waals surface area contributed by atoms with Crippen LogP contribution < -0.4 is 5.73 Å². The quantitative estimate of drug-likeness (QED) is 0.798. The van der Waals surface area contributed by atoms with Gasteiger partial charge < -0.3 is 5.73 Å². The van der Waals surface area contributed by atoms with Gasteiger partial charge in [-0.25, -0.2) is 0 Å². The highest BCUT2D eigenvalue weighted by molar-refractivity contribution is 6.30. The molecular weight excluding hydrogens is 194 g/mol. The van der Waals surface area contributed by atoms with Crippen LogP contribution in [0.15, 0.2) is 24.3 Å². The molecule has 1 aromatic carbocycles. The lowest BCUT2D eigenvalue weighted by Gasteiger charge is -2.39. The van der Waals surface area contributed by atoms with Gasteiger partial charge in [-0.15, -0.1) is 0 Å². The van der Waals surface area contributed by atoms with Crippen LogP contribution in [0.4, 0.5) is 0 Å². The van der Waals surface area contributed by atoms with Gasteiger partial charge in [0, 0.05) is 16.0 Å². The molecule has 0 atom stereocenters. The van der Waals surface area contributed by atoms with Crippen LogP contribution in [0.2, 0.25) is 5.02 Å². The van der Waals surface area contributed by atoms with Gasteiger partial charge in [-0.1, -0.05) is 37.6 Å². The lowest BCUT2D eigenvalue weighted by Crippen LogP contribution is -2.50. The topological polar surface area (TPSA) is 26.0 Å². The van der Waals surface area contributed by atoms with E-state index in [1.54, 1.807) is 0 Å². The van der Waals surface area contributed by atoms with Crippen molar-refractivity contribution >= 4 is 11.6 Å². The minimum absolute atomic E-state index is 0.0579. The predicted octanol–water partition coefficient (Wildman–Crippen LogP) is 3.35. The van der Waals surface area contributed by atoms with Crippen molar-refractivity contribution in [3.8, 4) is 0 Å². The second-order valence-corrected chi connectivity index (χ2v) is 5.29. The first-order valence-electron chi connectivity index (χ1n) is 4.80. The summed E-state index contributed by atoms with van der Waals surface area (Å²) >= 11 is 5.84. The fourth-order valence-electron chi connectivity index (χ4n) is 1.24. The molecule has 0 spiro atoms. The zero-order valence-electron chi connectivity index (χ0n) is 9.26. The molecule has 1 nitrogen and oxygen atoms in total. The largest absolute Gasteiger partial charge is 0.325 e. The first kappa shape index (κ1) is 11.5. The van der Waals surface area contributed by atoms with Gasteiger partial charge in [0.25, 0.3) is 0 Å². The van der Waals surface area contributed by atoms with E-state index in [1.165, 1.54) is 5.56 Å². The van der Waals surface area contributed by atoms with Crippen LogP contribution in [-0.2, 0) is 5.41 Å². The Morgan fingerprint density at radius 3 is 1.79 bits per heavy atom. The van der Waals surface area contributed by atoms with Crippen molar-refractivity contribution in [2.45, 2.75) is 38.6 Å². The lowest BCUT2D eigenvalue weighted by molar-refractivity contribution is 0.306. The highest BCUT2D eigenvalue weighted by atomic mass is 35.5. The summed E-state index contributed by atoms with van der Waals surface area (Å²) in [5.74, 6) is 0. The first-order valence-corrected chi connectivity index (χ1v) is 5.18. The summed E-state index contributed by atoms with van der Waals surface area (Å²) in [5, 5.41) is 0.763. The number of rotatable bonds is 2. The van der Waals surface area contributed by atoms with E-state index < -0.39 is 0 Å². The summed E-state index contributed by atoms with van der Waals surface area (Å²) in [7, 11) is 0. The molecule has 0 saturated carbocycles. The molecule has 2 N–H and O–H groups in total. The summed E-state index contributed by atoms with van der Waals surface area (Å²) in [5.41, 5.74) is 7.06. The molecule has 0 aromatic heterocycles. The van der Waals surface area contributed by atoms with Crippen LogP contribution in [-0.4, -0.2) is 5.54 Å². The van der Waals surface area contributed by atoms with Gasteiger partial charge >= 0.3 is 0 Å². The van der Waals surface area contributed by atoms with Crippen molar-refractivity contribution in [3.63, 3.8) is 0 Å². The van der Waals surface area contributed by atoms with E-state index in [0.717, 1.165) is 5.02 Å². The monoisotopic (exact) mass is 211 g/mol. The molecule has 0 radical (unpaired) electrons. The second-order valence-electron chi connectivity index (χ2n) is 4.85. The fraction of sp³-hybridized carbons (Fsp3) is 0.500. The molecule has 1 rings (SSSR count). The molecule has 0 aliphatic rings. The number of hydrogen-bond acceptors (Lipinski definition) is 1. The van der Waals surface area contributed by atoms with Crippen LogP contribution in [0.25, 0.3) is 0 Å². The maximum absolute atomic E-state index is 6.15. The average Bonchev–Trinajstić information content (AvgIpc) is 2.03. The molecule has 1 aromatic rings. The minimum Gasteiger partial charge on any atom is -0.325 e. The van der Waals surface area contributed by atoms with Gasteiger partial charge in [0.15, 0.2) is 0 Å². The Kier molecular flexibility index (Phi) is 2.93. The maximum atomic E-state index is 6.15. The normalized spacial score (nSPS) is 13.0. The molecule has 78 valence electrons. The van der Waals surface area contributed by atoms with E-state index in [2.05, 4.69) is 13.8 Å². The van der Waals surface area contributed by atoms with Crippen molar-refractivity contribution in [2.24, 2.45) is 5.73 Å². The average molecular weight is 212 g/mol. The van der Waals surface area contributed by atoms with Gasteiger partial charge in [-0.2, -0.15) is 0 Å². The summed E-state index contributed by atoms with van der Waals surface area (Å²) in [6, 6.07) is 7.89. The Bertz CT molecular complexity index is 306. The van der Waals surface area contributed by atoms with E-state index >= 15 is 0 Å². The second kappa shape index (κ2) is 3.56. The van der Waals surface area contributed by atoms with E-state index in [-0.39, 0.29) is 11.0 Å². The number of nitrogens with two attached hydrogens (primary N) is 1. The SMILES string of the molecule is CC(C)(N)C(C)(C)c1ccc(Cl)cc1. The fourth-order valence-corrected chi connectivity index (χ4v) is 1.36. The van der Waals surface area contributed by atoms with Gasteiger partial charge in [0.2, 0.25) is 0 Å². The highest BCUT2D eigenvalue weighted by Crippen LogP contribution is 2.33. The Morgan fingerprint density at radius 1 is 1.00 bits per heavy atom. The smallest absolute Gasteiger partial charge is 0.0406 e. The molecule has 0 heterocycles. The highest BCUT2D eigenvalue weighted by Gasteiger charge is 2.34. The van der Waals surface area contributed by atoms with Crippen molar-refractivity contribution < 1.29 is 0 Å². The van der Waals surface area contributed by atoms with Crippen molar-refractivity contribution in [2.75, 3.05) is 0 Å². The molecule has 14 heavy (non-hydrogen) atoms. The zero-order valence-corrected chi connectivity index (χ0v) is 10.0. The third-order valence-corrected chi connectivity index (χ3v) is 3.43. The Hall–Kier alpha value is -0.530. The third-order valence-electron chi connectivity index (χ3n) is 3.18. The van der Waals surface area contributed by atoms with Gasteiger partial charge in [-0.3, -0.25) is 0 Å².